The first-order chi connectivity index (χ1) is 12.9. The maximum Gasteiger partial charge on any atom is 0.191 e. The predicted molar refractivity (Wildman–Crippen MR) is 110 cm³/mol. The normalized spacial score (nSPS) is 12.7. The Labute approximate surface area is 166 Å². The maximum atomic E-state index is 13.1. The van der Waals surface area contributed by atoms with E-state index in [1.165, 1.54) is 23.9 Å². The topological polar surface area (TPSA) is 70.9 Å². The van der Waals surface area contributed by atoms with Crippen LogP contribution in [0.3, 0.4) is 0 Å². The molecule has 1 atom stereocenters. The van der Waals surface area contributed by atoms with Crippen LogP contribution in [-0.4, -0.2) is 32.7 Å². The van der Waals surface area contributed by atoms with Crippen LogP contribution in [0.15, 0.2) is 29.4 Å². The fourth-order valence-corrected chi connectivity index (χ4v) is 4.35. The standard InChI is InChI=1S/C19H23FN4OS2/c1-11(2)8-15(9-25)22-18-16-17(21-12(3)27-16)23-19(24-18)26-10-13-4-6-14(20)7-5-13/h4-7,11,15,25H,8-10H2,1-3H3,(H,22,23,24)/t15-/m1/s1. The van der Waals surface area contributed by atoms with Gasteiger partial charge in [0.25, 0.3) is 0 Å². The van der Waals surface area contributed by atoms with Gasteiger partial charge in [-0.25, -0.2) is 19.3 Å². The number of hydrogen-bond donors (Lipinski definition) is 2. The smallest absolute Gasteiger partial charge is 0.191 e. The summed E-state index contributed by atoms with van der Waals surface area (Å²) in [5.41, 5.74) is 1.67. The zero-order valence-electron chi connectivity index (χ0n) is 15.6. The first-order valence-electron chi connectivity index (χ1n) is 8.84. The average molecular weight is 407 g/mol. The van der Waals surface area contributed by atoms with Crippen molar-refractivity contribution in [2.75, 3.05) is 11.9 Å². The van der Waals surface area contributed by atoms with Crippen molar-refractivity contribution < 1.29 is 9.50 Å². The molecular formula is C19H23FN4OS2. The molecule has 2 N–H and O–H groups in total. The zero-order chi connectivity index (χ0) is 19.4. The van der Waals surface area contributed by atoms with Crippen LogP contribution in [0.4, 0.5) is 10.2 Å². The summed E-state index contributed by atoms with van der Waals surface area (Å²) in [4.78, 5) is 13.7. The van der Waals surface area contributed by atoms with Crippen molar-refractivity contribution in [2.45, 2.75) is 44.1 Å². The summed E-state index contributed by atoms with van der Waals surface area (Å²) >= 11 is 3.03. The third kappa shape index (κ3) is 5.37. The minimum atomic E-state index is -0.244. The number of aliphatic hydroxyl groups is 1. The van der Waals surface area contributed by atoms with Crippen LogP contribution in [0, 0.1) is 18.7 Å². The molecule has 0 saturated heterocycles. The van der Waals surface area contributed by atoms with Crippen molar-refractivity contribution in [3.8, 4) is 0 Å². The average Bonchev–Trinajstić information content (AvgIpc) is 3.00. The third-order valence-electron chi connectivity index (χ3n) is 3.94. The van der Waals surface area contributed by atoms with Gasteiger partial charge in [0.2, 0.25) is 0 Å². The van der Waals surface area contributed by atoms with Crippen LogP contribution >= 0.6 is 23.1 Å². The van der Waals surface area contributed by atoms with Crippen molar-refractivity contribution in [3.05, 3.63) is 40.7 Å². The van der Waals surface area contributed by atoms with Gasteiger partial charge in [0.1, 0.15) is 10.5 Å². The number of hydrogen-bond acceptors (Lipinski definition) is 7. The van der Waals surface area contributed by atoms with E-state index in [9.17, 15) is 9.50 Å². The molecule has 2 heterocycles. The molecule has 0 aliphatic rings. The van der Waals surface area contributed by atoms with Gasteiger partial charge in [0.05, 0.1) is 17.7 Å². The lowest BCUT2D eigenvalue weighted by atomic mass is 10.0. The van der Waals surface area contributed by atoms with Gasteiger partial charge in [-0.2, -0.15) is 0 Å². The SMILES string of the molecule is Cc1nc2nc(SCc3ccc(F)cc3)nc(N[C@@H](CO)CC(C)C)c2s1. The van der Waals surface area contributed by atoms with Crippen molar-refractivity contribution >= 4 is 39.3 Å². The number of benzene rings is 1. The lowest BCUT2D eigenvalue weighted by molar-refractivity contribution is 0.259. The van der Waals surface area contributed by atoms with E-state index >= 15 is 0 Å². The number of halogens is 1. The van der Waals surface area contributed by atoms with E-state index in [4.69, 9.17) is 0 Å². The zero-order valence-corrected chi connectivity index (χ0v) is 17.2. The Kier molecular flexibility index (Phi) is 6.62. The predicted octanol–water partition coefficient (Wildman–Crippen LogP) is 4.65. The monoisotopic (exact) mass is 406 g/mol. The van der Waals surface area contributed by atoms with Crippen LogP contribution in [0.2, 0.25) is 0 Å². The Bertz CT molecular complexity index is 899. The quantitative estimate of drug-likeness (QED) is 0.419. The maximum absolute atomic E-state index is 13.1. The minimum absolute atomic E-state index is 0.0412. The minimum Gasteiger partial charge on any atom is -0.394 e. The summed E-state index contributed by atoms with van der Waals surface area (Å²) in [6.45, 7) is 6.24. The summed E-state index contributed by atoms with van der Waals surface area (Å²) in [5, 5.41) is 14.6. The molecule has 0 fully saturated rings. The molecule has 1 aromatic carbocycles. The highest BCUT2D eigenvalue weighted by atomic mass is 32.2. The number of nitrogens with one attached hydrogen (secondary N) is 1. The van der Waals surface area contributed by atoms with E-state index in [1.54, 1.807) is 23.5 Å². The summed E-state index contributed by atoms with van der Waals surface area (Å²) in [7, 11) is 0. The Morgan fingerprint density at radius 1 is 1.19 bits per heavy atom. The molecule has 5 nitrogen and oxygen atoms in total. The van der Waals surface area contributed by atoms with E-state index in [1.807, 2.05) is 6.92 Å². The molecular weight excluding hydrogens is 383 g/mol. The summed E-state index contributed by atoms with van der Waals surface area (Å²) in [6, 6.07) is 6.36. The second kappa shape index (κ2) is 8.95. The second-order valence-corrected chi connectivity index (χ2v) is 8.95. The van der Waals surface area contributed by atoms with Gasteiger partial charge in [-0.1, -0.05) is 37.7 Å². The van der Waals surface area contributed by atoms with Crippen LogP contribution in [-0.2, 0) is 5.75 Å². The number of aromatic nitrogens is 3. The summed E-state index contributed by atoms with van der Waals surface area (Å²) < 4.78 is 14.0. The van der Waals surface area contributed by atoms with Gasteiger partial charge in [0.15, 0.2) is 16.6 Å². The van der Waals surface area contributed by atoms with Gasteiger partial charge in [0, 0.05) is 5.75 Å². The highest BCUT2D eigenvalue weighted by Crippen LogP contribution is 2.31. The molecule has 0 aliphatic heterocycles. The summed E-state index contributed by atoms with van der Waals surface area (Å²) in [5.74, 6) is 1.57. The highest BCUT2D eigenvalue weighted by Gasteiger charge is 2.17. The van der Waals surface area contributed by atoms with E-state index in [2.05, 4.69) is 34.1 Å². The summed E-state index contributed by atoms with van der Waals surface area (Å²) in [6.07, 6.45) is 0.845. The molecule has 0 spiro atoms. The van der Waals surface area contributed by atoms with Gasteiger partial charge >= 0.3 is 0 Å². The van der Waals surface area contributed by atoms with E-state index in [0.29, 0.717) is 28.3 Å². The van der Waals surface area contributed by atoms with Crippen molar-refractivity contribution in [1.82, 2.24) is 15.0 Å². The number of thiazole rings is 1. The largest absolute Gasteiger partial charge is 0.394 e. The number of anilines is 1. The van der Waals surface area contributed by atoms with Gasteiger partial charge in [-0.3, -0.25) is 0 Å². The van der Waals surface area contributed by atoms with Crippen molar-refractivity contribution in [2.24, 2.45) is 5.92 Å². The molecule has 0 aliphatic carbocycles. The Morgan fingerprint density at radius 3 is 2.59 bits per heavy atom. The molecule has 2 aromatic heterocycles. The van der Waals surface area contributed by atoms with E-state index in [-0.39, 0.29) is 18.5 Å². The third-order valence-corrected chi connectivity index (χ3v) is 5.82. The molecule has 0 saturated carbocycles. The van der Waals surface area contributed by atoms with E-state index < -0.39 is 0 Å². The van der Waals surface area contributed by atoms with Crippen LogP contribution in [0.25, 0.3) is 10.3 Å². The fourth-order valence-electron chi connectivity index (χ4n) is 2.74. The molecule has 3 aromatic rings. The molecule has 144 valence electrons. The Morgan fingerprint density at radius 2 is 1.93 bits per heavy atom. The molecule has 0 bridgehead atoms. The van der Waals surface area contributed by atoms with E-state index in [0.717, 1.165) is 21.7 Å². The van der Waals surface area contributed by atoms with Crippen LogP contribution in [0.1, 0.15) is 30.8 Å². The lowest BCUT2D eigenvalue weighted by Gasteiger charge is -2.19. The first-order valence-corrected chi connectivity index (χ1v) is 10.6. The van der Waals surface area contributed by atoms with Crippen molar-refractivity contribution in [1.29, 1.82) is 0 Å². The molecule has 0 unspecified atom stereocenters. The van der Waals surface area contributed by atoms with Gasteiger partial charge in [-0.05, 0) is 37.0 Å². The molecule has 3 rings (SSSR count). The Hall–Kier alpha value is -1.77. The molecule has 0 radical (unpaired) electrons. The molecule has 8 heteroatoms. The number of rotatable bonds is 8. The molecule has 27 heavy (non-hydrogen) atoms. The number of aliphatic hydroxyl groups excluding tert-OH is 1. The lowest BCUT2D eigenvalue weighted by Crippen LogP contribution is -2.26. The first kappa shape index (κ1) is 20.0. The molecule has 0 amide bonds. The highest BCUT2D eigenvalue weighted by molar-refractivity contribution is 7.98. The number of fused-ring (bicyclic) bond motifs is 1. The fraction of sp³-hybridized carbons (Fsp3) is 0.421. The number of nitrogens with zero attached hydrogens (tertiary/aromatic N) is 3. The second-order valence-electron chi connectivity index (χ2n) is 6.81. The van der Waals surface area contributed by atoms with Crippen LogP contribution in [0.5, 0.6) is 0 Å². The van der Waals surface area contributed by atoms with Crippen LogP contribution < -0.4 is 5.32 Å². The number of thioether (sulfide) groups is 1. The Balaban J connectivity index is 1.84. The van der Waals surface area contributed by atoms with Crippen molar-refractivity contribution in [3.63, 3.8) is 0 Å². The van der Waals surface area contributed by atoms with Gasteiger partial charge < -0.3 is 10.4 Å². The van der Waals surface area contributed by atoms with Gasteiger partial charge in [-0.15, -0.1) is 11.3 Å². The number of aryl methyl sites for hydroxylation is 1.